The number of aromatic hydroxyl groups is 1. The van der Waals surface area contributed by atoms with Crippen molar-refractivity contribution in [2.24, 2.45) is 5.11 Å². The lowest BCUT2D eigenvalue weighted by Gasteiger charge is -2.02. The molecule has 0 saturated carbocycles. The van der Waals surface area contributed by atoms with Crippen LogP contribution in [0.15, 0.2) is 23.3 Å². The number of hydrogen-bond acceptors (Lipinski definition) is 2. The van der Waals surface area contributed by atoms with Gasteiger partial charge in [-0.25, -0.2) is 0 Å². The third kappa shape index (κ3) is 3.50. The third-order valence-electron chi connectivity index (χ3n) is 2.05. The van der Waals surface area contributed by atoms with Crippen molar-refractivity contribution in [2.45, 2.75) is 13.3 Å². The van der Waals surface area contributed by atoms with Crippen molar-refractivity contribution in [1.82, 2.24) is 0 Å². The zero-order valence-corrected chi connectivity index (χ0v) is 9.65. The van der Waals surface area contributed by atoms with E-state index in [4.69, 9.17) is 17.1 Å². The Morgan fingerprint density at radius 2 is 2.31 bits per heavy atom. The van der Waals surface area contributed by atoms with E-state index in [9.17, 15) is 5.11 Å². The van der Waals surface area contributed by atoms with E-state index in [1.807, 2.05) is 18.2 Å². The predicted molar refractivity (Wildman–Crippen MR) is 65.5 cm³/mol. The number of nitrogens with zero attached hydrogens (tertiary/aromatic N) is 3. The number of halogens is 1. The molecule has 0 aliphatic heterocycles. The van der Waals surface area contributed by atoms with Crippen molar-refractivity contribution < 1.29 is 5.11 Å². The average molecular weight is 238 g/mol. The number of phenolic OH excluding ortho intramolecular Hbond substituents is 1. The molecule has 1 rings (SSSR count). The Balaban J connectivity index is 2.71. The van der Waals surface area contributed by atoms with Gasteiger partial charge in [-0.2, -0.15) is 0 Å². The molecule has 0 amide bonds. The molecule has 0 atom stereocenters. The lowest BCUT2D eigenvalue weighted by atomic mass is 10.1. The topological polar surface area (TPSA) is 69.0 Å². The third-order valence-corrected chi connectivity index (χ3v) is 2.33. The largest absolute Gasteiger partial charge is 0.506 e. The van der Waals surface area contributed by atoms with Gasteiger partial charge in [0.25, 0.3) is 0 Å². The molecule has 84 valence electrons. The molecule has 0 spiro atoms. The van der Waals surface area contributed by atoms with Crippen LogP contribution in [0.4, 0.5) is 0 Å². The Morgan fingerprint density at radius 1 is 1.56 bits per heavy atom. The summed E-state index contributed by atoms with van der Waals surface area (Å²) in [5.74, 6) is 0.118. The van der Waals surface area contributed by atoms with Crippen LogP contribution in [0.25, 0.3) is 16.5 Å². The summed E-state index contributed by atoms with van der Waals surface area (Å²) in [6.07, 6.45) is 4.46. The molecule has 0 heterocycles. The average Bonchev–Trinajstić information content (AvgIpc) is 2.25. The standard InChI is InChI=1S/C11H12ClN3O/c1-8-6-9(7-10(12)11(8)16)4-2-3-5-14-15-13/h2,4,6-7,16H,3,5H2,1H3. The first kappa shape index (κ1) is 12.4. The van der Waals surface area contributed by atoms with Gasteiger partial charge in [-0.3, -0.25) is 0 Å². The highest BCUT2D eigenvalue weighted by Crippen LogP contribution is 2.28. The maximum Gasteiger partial charge on any atom is 0.137 e. The van der Waals surface area contributed by atoms with E-state index < -0.39 is 0 Å². The highest BCUT2D eigenvalue weighted by Gasteiger charge is 2.02. The quantitative estimate of drug-likeness (QED) is 0.365. The first-order valence-corrected chi connectivity index (χ1v) is 5.19. The van der Waals surface area contributed by atoms with E-state index in [1.165, 1.54) is 0 Å². The first-order chi connectivity index (χ1) is 7.65. The molecule has 4 nitrogen and oxygen atoms in total. The van der Waals surface area contributed by atoms with Gasteiger partial charge in [-0.05, 0) is 42.1 Å². The van der Waals surface area contributed by atoms with Crippen LogP contribution in [0.3, 0.4) is 0 Å². The van der Waals surface area contributed by atoms with Crippen molar-refractivity contribution in [1.29, 1.82) is 0 Å². The normalized spacial score (nSPS) is 10.4. The lowest BCUT2D eigenvalue weighted by Crippen LogP contribution is -1.80. The van der Waals surface area contributed by atoms with Crippen LogP contribution in [0, 0.1) is 6.92 Å². The summed E-state index contributed by atoms with van der Waals surface area (Å²) < 4.78 is 0. The van der Waals surface area contributed by atoms with Crippen LogP contribution in [0.1, 0.15) is 17.5 Å². The molecule has 0 aliphatic rings. The van der Waals surface area contributed by atoms with Crippen LogP contribution >= 0.6 is 11.6 Å². The number of rotatable bonds is 4. The Morgan fingerprint density at radius 3 is 2.94 bits per heavy atom. The van der Waals surface area contributed by atoms with Crippen LogP contribution in [-0.2, 0) is 0 Å². The number of benzene rings is 1. The van der Waals surface area contributed by atoms with Crippen molar-refractivity contribution >= 4 is 17.7 Å². The molecule has 0 fully saturated rings. The fraction of sp³-hybridized carbons (Fsp3) is 0.273. The Bertz CT molecular complexity index is 428. The van der Waals surface area contributed by atoms with Gasteiger partial charge in [-0.1, -0.05) is 28.9 Å². The minimum atomic E-state index is 0.118. The van der Waals surface area contributed by atoms with E-state index in [2.05, 4.69) is 10.0 Å². The number of hydrogen-bond donors (Lipinski definition) is 1. The molecule has 1 aromatic carbocycles. The van der Waals surface area contributed by atoms with Gasteiger partial charge in [0.2, 0.25) is 0 Å². The van der Waals surface area contributed by atoms with Gasteiger partial charge in [0.05, 0.1) is 5.02 Å². The van der Waals surface area contributed by atoms with Gasteiger partial charge in [-0.15, -0.1) is 0 Å². The summed E-state index contributed by atoms with van der Waals surface area (Å²) >= 11 is 5.83. The zero-order chi connectivity index (χ0) is 12.0. The Labute approximate surface area is 98.8 Å². The van der Waals surface area contributed by atoms with Gasteiger partial charge >= 0.3 is 0 Å². The van der Waals surface area contributed by atoms with Crippen molar-refractivity contribution in [3.63, 3.8) is 0 Å². The van der Waals surface area contributed by atoms with Gasteiger partial charge in [0.1, 0.15) is 5.75 Å². The van der Waals surface area contributed by atoms with E-state index in [1.54, 1.807) is 13.0 Å². The van der Waals surface area contributed by atoms with Gasteiger partial charge in [0, 0.05) is 11.5 Å². The van der Waals surface area contributed by atoms with E-state index in [-0.39, 0.29) is 5.75 Å². The maximum absolute atomic E-state index is 9.46. The van der Waals surface area contributed by atoms with Crippen LogP contribution in [0.5, 0.6) is 5.75 Å². The fourth-order valence-corrected chi connectivity index (χ4v) is 1.53. The number of azide groups is 1. The van der Waals surface area contributed by atoms with E-state index >= 15 is 0 Å². The molecule has 0 saturated heterocycles. The summed E-state index contributed by atoms with van der Waals surface area (Å²) in [5.41, 5.74) is 9.73. The molecule has 16 heavy (non-hydrogen) atoms. The van der Waals surface area contributed by atoms with Crippen LogP contribution in [0.2, 0.25) is 5.02 Å². The summed E-state index contributed by atoms with van der Waals surface area (Å²) in [6.45, 7) is 2.23. The molecule has 5 heteroatoms. The Kier molecular flexibility index (Phi) is 4.70. The van der Waals surface area contributed by atoms with Crippen LogP contribution in [-0.4, -0.2) is 11.7 Å². The van der Waals surface area contributed by atoms with Gasteiger partial charge in [0.15, 0.2) is 0 Å². The molecule has 0 unspecified atom stereocenters. The minimum Gasteiger partial charge on any atom is -0.506 e. The molecule has 0 radical (unpaired) electrons. The molecular weight excluding hydrogens is 226 g/mol. The number of aryl methyl sites for hydroxylation is 1. The van der Waals surface area contributed by atoms with Crippen molar-refractivity contribution in [3.8, 4) is 5.75 Å². The van der Waals surface area contributed by atoms with Crippen molar-refractivity contribution in [3.05, 3.63) is 44.8 Å². The van der Waals surface area contributed by atoms with Crippen molar-refractivity contribution in [2.75, 3.05) is 6.54 Å². The second kappa shape index (κ2) is 6.05. The molecule has 1 N–H and O–H groups in total. The SMILES string of the molecule is Cc1cc(C=CCCN=[N+]=[N-])cc(Cl)c1O. The fourth-order valence-electron chi connectivity index (χ4n) is 1.26. The molecule has 1 aromatic rings. The van der Waals surface area contributed by atoms with E-state index in [0.717, 1.165) is 11.1 Å². The summed E-state index contributed by atoms with van der Waals surface area (Å²) in [5, 5.41) is 13.2. The smallest absolute Gasteiger partial charge is 0.137 e. The molecule has 0 aliphatic carbocycles. The highest BCUT2D eigenvalue weighted by molar-refractivity contribution is 6.32. The monoisotopic (exact) mass is 237 g/mol. The predicted octanol–water partition coefficient (Wildman–Crippen LogP) is 4.07. The van der Waals surface area contributed by atoms with Crippen LogP contribution < -0.4 is 0 Å². The minimum absolute atomic E-state index is 0.118. The number of phenols is 1. The first-order valence-electron chi connectivity index (χ1n) is 4.81. The summed E-state index contributed by atoms with van der Waals surface area (Å²) in [6, 6.07) is 3.53. The zero-order valence-electron chi connectivity index (χ0n) is 8.89. The second-order valence-electron chi connectivity index (χ2n) is 3.31. The lowest BCUT2D eigenvalue weighted by molar-refractivity contribution is 0.471. The summed E-state index contributed by atoms with van der Waals surface area (Å²) in [4.78, 5) is 2.66. The molecular formula is C11H12ClN3O. The molecule has 0 bridgehead atoms. The Hall–Kier alpha value is -1.64. The molecule has 0 aromatic heterocycles. The van der Waals surface area contributed by atoms with E-state index in [0.29, 0.717) is 18.0 Å². The highest BCUT2D eigenvalue weighted by atomic mass is 35.5. The second-order valence-corrected chi connectivity index (χ2v) is 3.72. The van der Waals surface area contributed by atoms with Gasteiger partial charge < -0.3 is 5.11 Å². The maximum atomic E-state index is 9.46. The summed E-state index contributed by atoms with van der Waals surface area (Å²) in [7, 11) is 0.